The van der Waals surface area contributed by atoms with E-state index in [4.69, 9.17) is 4.74 Å². The normalized spacial score (nSPS) is 10.1. The molecule has 4 nitrogen and oxygen atoms in total. The van der Waals surface area contributed by atoms with E-state index in [1.165, 1.54) is 5.39 Å². The first-order chi connectivity index (χ1) is 10.8. The van der Waals surface area contributed by atoms with Crippen molar-refractivity contribution in [1.82, 2.24) is 10.6 Å². The Balaban J connectivity index is 0.00000264. The molecule has 2 aromatic carbocycles. The Morgan fingerprint density at radius 2 is 1.87 bits per heavy atom. The molecular formula is C18H25ClN2O2. The minimum atomic E-state index is 0. The summed E-state index contributed by atoms with van der Waals surface area (Å²) in [6.45, 7) is 5.02. The maximum absolute atomic E-state index is 11.6. The summed E-state index contributed by atoms with van der Waals surface area (Å²) < 4.78 is 5.82. The van der Waals surface area contributed by atoms with Crippen molar-refractivity contribution in [3.63, 3.8) is 0 Å². The number of nitrogens with one attached hydrogen (secondary N) is 2. The highest BCUT2D eigenvalue weighted by atomic mass is 35.5. The number of benzene rings is 2. The zero-order valence-electron chi connectivity index (χ0n) is 13.5. The summed E-state index contributed by atoms with van der Waals surface area (Å²) in [4.78, 5) is 11.6. The molecule has 126 valence electrons. The van der Waals surface area contributed by atoms with Crippen LogP contribution in [0.4, 0.5) is 0 Å². The minimum Gasteiger partial charge on any atom is -0.493 e. The van der Waals surface area contributed by atoms with Crippen LogP contribution >= 0.6 is 12.4 Å². The smallest absolute Gasteiger partial charge is 0.220 e. The zero-order chi connectivity index (χ0) is 15.6. The maximum Gasteiger partial charge on any atom is 0.220 e. The van der Waals surface area contributed by atoms with Crippen LogP contribution in [0.25, 0.3) is 10.8 Å². The molecule has 0 fully saturated rings. The first-order valence-electron chi connectivity index (χ1n) is 7.89. The minimum absolute atomic E-state index is 0. The molecule has 23 heavy (non-hydrogen) atoms. The molecule has 0 radical (unpaired) electrons. The molecule has 1 amide bonds. The van der Waals surface area contributed by atoms with Crippen molar-refractivity contribution < 1.29 is 9.53 Å². The van der Waals surface area contributed by atoms with Gasteiger partial charge in [-0.05, 0) is 24.4 Å². The monoisotopic (exact) mass is 336 g/mol. The summed E-state index contributed by atoms with van der Waals surface area (Å²) in [5.74, 6) is 0.963. The molecule has 0 aliphatic rings. The van der Waals surface area contributed by atoms with Crippen LogP contribution in [-0.2, 0) is 4.79 Å². The molecule has 0 heterocycles. The Hall–Kier alpha value is -1.78. The first kappa shape index (κ1) is 19.3. The largest absolute Gasteiger partial charge is 0.493 e. The van der Waals surface area contributed by atoms with E-state index in [2.05, 4.69) is 28.8 Å². The predicted octanol–water partition coefficient (Wildman–Crippen LogP) is 3.15. The van der Waals surface area contributed by atoms with Crippen LogP contribution in [0.3, 0.4) is 0 Å². The van der Waals surface area contributed by atoms with Gasteiger partial charge < -0.3 is 15.4 Å². The summed E-state index contributed by atoms with van der Waals surface area (Å²) in [5, 5.41) is 8.34. The summed E-state index contributed by atoms with van der Waals surface area (Å²) in [6.07, 6.45) is 1.22. The Morgan fingerprint density at radius 3 is 2.70 bits per heavy atom. The molecule has 2 rings (SSSR count). The third kappa shape index (κ3) is 6.47. The summed E-state index contributed by atoms with van der Waals surface area (Å²) in [6, 6.07) is 14.2. The number of amides is 1. The van der Waals surface area contributed by atoms with Crippen molar-refractivity contribution >= 4 is 29.1 Å². The molecule has 2 N–H and O–H groups in total. The number of rotatable bonds is 9. The van der Waals surface area contributed by atoms with Crippen LogP contribution in [0, 0.1) is 0 Å². The SMILES string of the molecule is CCNCCNC(=O)CCCOc1cccc2ccccc12.Cl. The van der Waals surface area contributed by atoms with E-state index in [1.54, 1.807) is 0 Å². The van der Waals surface area contributed by atoms with Gasteiger partial charge in [-0.1, -0.05) is 43.3 Å². The van der Waals surface area contributed by atoms with Crippen molar-refractivity contribution in [3.05, 3.63) is 42.5 Å². The Labute approximate surface area is 144 Å². The van der Waals surface area contributed by atoms with E-state index in [1.807, 2.05) is 31.2 Å². The highest BCUT2D eigenvalue weighted by Gasteiger charge is 2.03. The lowest BCUT2D eigenvalue weighted by Gasteiger charge is -2.09. The second kappa shape index (κ2) is 10.9. The van der Waals surface area contributed by atoms with Gasteiger partial charge in [0.2, 0.25) is 5.91 Å². The average molecular weight is 337 g/mol. The third-order valence-corrected chi connectivity index (χ3v) is 3.43. The molecule has 2 aromatic rings. The van der Waals surface area contributed by atoms with Crippen LogP contribution < -0.4 is 15.4 Å². The quantitative estimate of drug-likeness (QED) is 0.692. The van der Waals surface area contributed by atoms with Gasteiger partial charge in [-0.2, -0.15) is 0 Å². The molecule has 5 heteroatoms. The zero-order valence-corrected chi connectivity index (χ0v) is 14.3. The van der Waals surface area contributed by atoms with Gasteiger partial charge in [0, 0.05) is 24.9 Å². The van der Waals surface area contributed by atoms with Crippen molar-refractivity contribution in [2.45, 2.75) is 19.8 Å². The van der Waals surface area contributed by atoms with Crippen LogP contribution in [0.5, 0.6) is 5.75 Å². The number of likely N-dealkylation sites (N-methyl/N-ethyl adjacent to an activating group) is 1. The predicted molar refractivity (Wildman–Crippen MR) is 97.5 cm³/mol. The van der Waals surface area contributed by atoms with E-state index in [0.29, 0.717) is 19.6 Å². The lowest BCUT2D eigenvalue weighted by atomic mass is 10.1. The molecule has 0 aliphatic carbocycles. The molecule has 0 unspecified atom stereocenters. The molecule has 0 aromatic heterocycles. The third-order valence-electron chi connectivity index (χ3n) is 3.43. The highest BCUT2D eigenvalue weighted by molar-refractivity contribution is 5.88. The fourth-order valence-corrected chi connectivity index (χ4v) is 2.29. The van der Waals surface area contributed by atoms with E-state index >= 15 is 0 Å². The number of halogens is 1. The Morgan fingerprint density at radius 1 is 1.09 bits per heavy atom. The summed E-state index contributed by atoms with van der Waals surface area (Å²) in [5.41, 5.74) is 0. The van der Waals surface area contributed by atoms with Crippen LogP contribution in [0.2, 0.25) is 0 Å². The molecule has 0 saturated carbocycles. The number of carbonyl (C=O) groups excluding carboxylic acids is 1. The standard InChI is InChI=1S/C18H24N2O2.ClH/c1-2-19-12-13-20-18(21)11-6-14-22-17-10-5-8-15-7-3-4-9-16(15)17;/h3-5,7-10,19H,2,6,11-14H2,1H3,(H,20,21);1H. The number of ether oxygens (including phenoxy) is 1. The van der Waals surface area contributed by atoms with E-state index in [-0.39, 0.29) is 18.3 Å². The molecule has 0 saturated heterocycles. The van der Waals surface area contributed by atoms with Crippen molar-refractivity contribution in [2.24, 2.45) is 0 Å². The van der Waals surface area contributed by atoms with Crippen LogP contribution in [0.1, 0.15) is 19.8 Å². The van der Waals surface area contributed by atoms with Gasteiger partial charge >= 0.3 is 0 Å². The van der Waals surface area contributed by atoms with E-state index in [0.717, 1.165) is 30.6 Å². The van der Waals surface area contributed by atoms with Crippen molar-refractivity contribution in [1.29, 1.82) is 0 Å². The number of fused-ring (bicyclic) bond motifs is 1. The Kier molecular flexibility index (Phi) is 9.10. The van der Waals surface area contributed by atoms with Gasteiger partial charge in [0.1, 0.15) is 5.75 Å². The molecule has 0 spiro atoms. The van der Waals surface area contributed by atoms with Crippen molar-refractivity contribution in [3.8, 4) is 5.75 Å². The van der Waals surface area contributed by atoms with Crippen molar-refractivity contribution in [2.75, 3.05) is 26.2 Å². The molecule has 0 bridgehead atoms. The van der Waals surface area contributed by atoms with Crippen LogP contribution in [0.15, 0.2) is 42.5 Å². The van der Waals surface area contributed by atoms with Gasteiger partial charge in [-0.15, -0.1) is 12.4 Å². The number of hydrogen-bond donors (Lipinski definition) is 2. The van der Waals surface area contributed by atoms with Crippen LogP contribution in [-0.4, -0.2) is 32.1 Å². The molecule has 0 aliphatic heterocycles. The van der Waals surface area contributed by atoms with Gasteiger partial charge in [0.05, 0.1) is 6.61 Å². The lowest BCUT2D eigenvalue weighted by Crippen LogP contribution is -2.31. The topological polar surface area (TPSA) is 50.4 Å². The summed E-state index contributed by atoms with van der Waals surface area (Å²) >= 11 is 0. The van der Waals surface area contributed by atoms with Gasteiger partial charge in [0.15, 0.2) is 0 Å². The molecule has 0 atom stereocenters. The second-order valence-corrected chi connectivity index (χ2v) is 5.13. The maximum atomic E-state index is 11.6. The Bertz CT molecular complexity index is 599. The van der Waals surface area contributed by atoms with Gasteiger partial charge in [-0.3, -0.25) is 4.79 Å². The second-order valence-electron chi connectivity index (χ2n) is 5.13. The fraction of sp³-hybridized carbons (Fsp3) is 0.389. The number of hydrogen-bond acceptors (Lipinski definition) is 3. The van der Waals surface area contributed by atoms with Gasteiger partial charge in [-0.25, -0.2) is 0 Å². The highest BCUT2D eigenvalue weighted by Crippen LogP contribution is 2.25. The first-order valence-corrected chi connectivity index (χ1v) is 7.89. The van der Waals surface area contributed by atoms with E-state index in [9.17, 15) is 4.79 Å². The number of carbonyl (C=O) groups is 1. The molecular weight excluding hydrogens is 312 g/mol. The average Bonchev–Trinajstić information content (AvgIpc) is 2.56. The fourth-order valence-electron chi connectivity index (χ4n) is 2.29. The van der Waals surface area contributed by atoms with E-state index < -0.39 is 0 Å². The van der Waals surface area contributed by atoms with Gasteiger partial charge in [0.25, 0.3) is 0 Å². The summed E-state index contributed by atoms with van der Waals surface area (Å²) in [7, 11) is 0. The lowest BCUT2D eigenvalue weighted by molar-refractivity contribution is -0.121.